The SMILES string of the molecule is COC(=O)NS(=O)(=O)NCCCCCCI. The number of hydrogen-bond acceptors (Lipinski definition) is 4. The summed E-state index contributed by atoms with van der Waals surface area (Å²) in [5.74, 6) is 0. The Morgan fingerprint density at radius 3 is 2.44 bits per heavy atom. The molecule has 0 bridgehead atoms. The van der Waals surface area contributed by atoms with Gasteiger partial charge in [-0.1, -0.05) is 35.4 Å². The monoisotopic (exact) mass is 364 g/mol. The molecule has 0 aromatic heterocycles. The third-order valence-electron chi connectivity index (χ3n) is 1.76. The molecule has 96 valence electrons. The molecule has 0 aromatic rings. The fourth-order valence-electron chi connectivity index (χ4n) is 0.967. The Bertz CT molecular complexity index is 294. The lowest BCUT2D eigenvalue weighted by atomic mass is 10.2. The third-order valence-corrected chi connectivity index (χ3v) is 3.54. The van der Waals surface area contributed by atoms with Crippen LogP contribution in [-0.4, -0.2) is 32.6 Å². The summed E-state index contributed by atoms with van der Waals surface area (Å²) in [6.45, 7) is 0.327. The first-order chi connectivity index (χ1) is 7.52. The number of carbonyl (C=O) groups excluding carboxylic acids is 1. The van der Waals surface area contributed by atoms with Gasteiger partial charge in [0.2, 0.25) is 0 Å². The number of rotatable bonds is 8. The maximum absolute atomic E-state index is 11.2. The molecule has 6 nitrogen and oxygen atoms in total. The molecule has 16 heavy (non-hydrogen) atoms. The minimum Gasteiger partial charge on any atom is -0.452 e. The molecule has 0 saturated carbocycles. The van der Waals surface area contributed by atoms with Gasteiger partial charge in [-0.3, -0.25) is 0 Å². The molecule has 0 unspecified atom stereocenters. The van der Waals surface area contributed by atoms with E-state index >= 15 is 0 Å². The van der Waals surface area contributed by atoms with E-state index in [1.807, 2.05) is 0 Å². The van der Waals surface area contributed by atoms with Crippen LogP contribution in [0.25, 0.3) is 0 Å². The average Bonchev–Trinajstić information content (AvgIpc) is 2.22. The van der Waals surface area contributed by atoms with E-state index in [-0.39, 0.29) is 0 Å². The van der Waals surface area contributed by atoms with Gasteiger partial charge in [-0.05, 0) is 17.3 Å². The molecule has 0 radical (unpaired) electrons. The van der Waals surface area contributed by atoms with Crippen molar-refractivity contribution in [2.45, 2.75) is 25.7 Å². The molecule has 0 rings (SSSR count). The van der Waals surface area contributed by atoms with Gasteiger partial charge < -0.3 is 4.74 Å². The van der Waals surface area contributed by atoms with Crippen LogP contribution in [0.15, 0.2) is 0 Å². The van der Waals surface area contributed by atoms with Crippen LogP contribution >= 0.6 is 22.6 Å². The Balaban J connectivity index is 3.63. The Kier molecular flexibility index (Phi) is 8.94. The van der Waals surface area contributed by atoms with Crippen LogP contribution in [0.2, 0.25) is 0 Å². The van der Waals surface area contributed by atoms with E-state index in [0.29, 0.717) is 6.54 Å². The van der Waals surface area contributed by atoms with E-state index < -0.39 is 16.3 Å². The van der Waals surface area contributed by atoms with Crippen molar-refractivity contribution in [3.63, 3.8) is 0 Å². The van der Waals surface area contributed by atoms with E-state index in [1.165, 1.54) is 0 Å². The Morgan fingerprint density at radius 2 is 1.88 bits per heavy atom. The van der Waals surface area contributed by atoms with E-state index in [2.05, 4.69) is 32.0 Å². The molecule has 8 heteroatoms. The highest BCUT2D eigenvalue weighted by atomic mass is 127. The van der Waals surface area contributed by atoms with Gasteiger partial charge in [0.1, 0.15) is 0 Å². The number of carbonyl (C=O) groups is 1. The van der Waals surface area contributed by atoms with Crippen molar-refractivity contribution >= 4 is 38.9 Å². The van der Waals surface area contributed by atoms with Crippen LogP contribution in [0.1, 0.15) is 25.7 Å². The molecule has 1 amide bonds. The van der Waals surface area contributed by atoms with Gasteiger partial charge >= 0.3 is 16.3 Å². The van der Waals surface area contributed by atoms with Crippen molar-refractivity contribution in [1.82, 2.24) is 9.44 Å². The molecule has 0 aliphatic heterocycles. The molecule has 0 heterocycles. The van der Waals surface area contributed by atoms with Crippen LogP contribution in [0.4, 0.5) is 4.79 Å². The fraction of sp³-hybridized carbons (Fsp3) is 0.875. The summed E-state index contributed by atoms with van der Waals surface area (Å²) in [4.78, 5) is 10.6. The van der Waals surface area contributed by atoms with Crippen molar-refractivity contribution in [3.05, 3.63) is 0 Å². The van der Waals surface area contributed by atoms with Gasteiger partial charge in [0.05, 0.1) is 7.11 Å². The molecule has 2 N–H and O–H groups in total. The zero-order valence-electron chi connectivity index (χ0n) is 9.16. The van der Waals surface area contributed by atoms with Crippen LogP contribution in [0.3, 0.4) is 0 Å². The Morgan fingerprint density at radius 1 is 1.25 bits per heavy atom. The zero-order valence-corrected chi connectivity index (χ0v) is 12.1. The van der Waals surface area contributed by atoms with Crippen molar-refractivity contribution in [3.8, 4) is 0 Å². The molecule has 0 aromatic carbocycles. The standard InChI is InChI=1S/C8H17IN2O4S/c1-15-8(12)11-16(13,14)10-7-5-3-2-4-6-9/h10H,2-7H2,1H3,(H,11,12). The number of alkyl halides is 1. The minimum absolute atomic E-state index is 0.327. The van der Waals surface area contributed by atoms with Crippen LogP contribution in [0.5, 0.6) is 0 Å². The van der Waals surface area contributed by atoms with Gasteiger partial charge in [0.25, 0.3) is 0 Å². The lowest BCUT2D eigenvalue weighted by Crippen LogP contribution is -2.40. The molecular weight excluding hydrogens is 347 g/mol. The van der Waals surface area contributed by atoms with Crippen LogP contribution < -0.4 is 9.44 Å². The summed E-state index contributed by atoms with van der Waals surface area (Å²) < 4.78 is 31.6. The van der Waals surface area contributed by atoms with Crippen molar-refractivity contribution in [2.75, 3.05) is 18.1 Å². The summed E-state index contributed by atoms with van der Waals surface area (Å²) in [5, 5.41) is 0. The summed E-state index contributed by atoms with van der Waals surface area (Å²) in [7, 11) is -2.66. The van der Waals surface area contributed by atoms with Gasteiger partial charge in [-0.15, -0.1) is 0 Å². The first kappa shape index (κ1) is 15.9. The smallest absolute Gasteiger partial charge is 0.421 e. The molecule has 0 spiro atoms. The highest BCUT2D eigenvalue weighted by Crippen LogP contribution is 2.01. The van der Waals surface area contributed by atoms with Crippen molar-refractivity contribution < 1.29 is 17.9 Å². The number of methoxy groups -OCH3 is 1. The second-order valence-electron chi connectivity index (χ2n) is 3.09. The topological polar surface area (TPSA) is 84.5 Å². The number of halogens is 1. The molecule has 0 aliphatic carbocycles. The van der Waals surface area contributed by atoms with Gasteiger partial charge in [-0.25, -0.2) is 9.52 Å². The third kappa shape index (κ3) is 9.16. The second-order valence-corrected chi connectivity index (χ2v) is 5.67. The summed E-state index contributed by atoms with van der Waals surface area (Å²) in [6, 6.07) is 0. The molecule has 0 atom stereocenters. The molecule has 0 fully saturated rings. The number of unbranched alkanes of at least 4 members (excludes halogenated alkanes) is 3. The molecule has 0 saturated heterocycles. The molecular formula is C8H17IN2O4S. The quantitative estimate of drug-likeness (QED) is 0.385. The van der Waals surface area contributed by atoms with Crippen LogP contribution in [0, 0.1) is 0 Å². The average molecular weight is 364 g/mol. The van der Waals surface area contributed by atoms with E-state index in [9.17, 15) is 13.2 Å². The van der Waals surface area contributed by atoms with E-state index in [1.54, 1.807) is 4.72 Å². The lowest BCUT2D eigenvalue weighted by Gasteiger charge is -2.06. The van der Waals surface area contributed by atoms with Crippen molar-refractivity contribution in [2.24, 2.45) is 0 Å². The van der Waals surface area contributed by atoms with Crippen molar-refractivity contribution in [1.29, 1.82) is 0 Å². The molecule has 0 aliphatic rings. The summed E-state index contributed by atoms with van der Waals surface area (Å²) >= 11 is 2.31. The lowest BCUT2D eigenvalue weighted by molar-refractivity contribution is 0.177. The van der Waals surface area contributed by atoms with Gasteiger partial charge in [0, 0.05) is 6.54 Å². The maximum Gasteiger partial charge on any atom is 0.421 e. The second kappa shape index (κ2) is 8.99. The summed E-state index contributed by atoms with van der Waals surface area (Å²) in [5.41, 5.74) is 0. The predicted molar refractivity (Wildman–Crippen MR) is 69.8 cm³/mol. The van der Waals surface area contributed by atoms with Crippen LogP contribution in [-0.2, 0) is 14.9 Å². The van der Waals surface area contributed by atoms with E-state index in [4.69, 9.17) is 0 Å². The number of amides is 1. The Hall–Kier alpha value is -0.0900. The zero-order chi connectivity index (χ0) is 12.4. The highest BCUT2D eigenvalue weighted by Gasteiger charge is 2.12. The number of hydrogen-bond donors (Lipinski definition) is 2. The largest absolute Gasteiger partial charge is 0.452 e. The normalized spacial score (nSPS) is 11.1. The Labute approximate surface area is 110 Å². The first-order valence-electron chi connectivity index (χ1n) is 4.93. The van der Waals surface area contributed by atoms with E-state index in [0.717, 1.165) is 37.2 Å². The van der Waals surface area contributed by atoms with Gasteiger partial charge in [0.15, 0.2) is 0 Å². The fourth-order valence-corrected chi connectivity index (χ4v) is 2.29. The minimum atomic E-state index is -3.76. The number of ether oxygens (including phenoxy) is 1. The number of nitrogens with one attached hydrogen (secondary N) is 2. The highest BCUT2D eigenvalue weighted by molar-refractivity contribution is 14.1. The predicted octanol–water partition coefficient (Wildman–Crippen LogP) is 1.17. The first-order valence-corrected chi connectivity index (χ1v) is 7.94. The maximum atomic E-state index is 11.2. The van der Waals surface area contributed by atoms with Gasteiger partial charge in [-0.2, -0.15) is 13.1 Å². The summed E-state index contributed by atoms with van der Waals surface area (Å²) in [6.07, 6.45) is 2.99.